The number of rotatable bonds is 3. The topological polar surface area (TPSA) is 50.7 Å². The van der Waals surface area contributed by atoms with Crippen LogP contribution >= 0.6 is 0 Å². The molecule has 0 bridgehead atoms. The minimum atomic E-state index is 0.678. The fourth-order valence-corrected chi connectivity index (χ4v) is 1.08. The minimum Gasteiger partial charge on any atom is -0.364 e. The second-order valence-corrected chi connectivity index (χ2v) is 2.77. The van der Waals surface area contributed by atoms with Crippen LogP contribution in [0.1, 0.15) is 5.69 Å². The van der Waals surface area contributed by atoms with Crippen LogP contribution in [0.3, 0.4) is 0 Å². The highest BCUT2D eigenvalue weighted by Gasteiger charge is 1.93. The lowest BCUT2D eigenvalue weighted by atomic mass is 10.3. The van der Waals surface area contributed by atoms with E-state index >= 15 is 0 Å². The minimum absolute atomic E-state index is 0.678. The lowest BCUT2D eigenvalue weighted by Gasteiger charge is -2.03. The smallest absolute Gasteiger partial charge is 0.129 e. The largest absolute Gasteiger partial charge is 0.364 e. The van der Waals surface area contributed by atoms with Crippen LogP contribution < -0.4 is 5.32 Å². The second-order valence-electron chi connectivity index (χ2n) is 2.77. The number of aromatic nitrogens is 3. The highest BCUT2D eigenvalue weighted by Crippen LogP contribution is 2.01. The van der Waals surface area contributed by atoms with Gasteiger partial charge in [-0.25, -0.2) is 9.97 Å². The summed E-state index contributed by atoms with van der Waals surface area (Å²) in [7, 11) is 0. The predicted octanol–water partition coefficient (Wildman–Crippen LogP) is 1.48. The Kier molecular flexibility index (Phi) is 2.66. The van der Waals surface area contributed by atoms with E-state index in [0.717, 1.165) is 11.5 Å². The number of anilines is 1. The monoisotopic (exact) mass is 186 g/mol. The highest BCUT2D eigenvalue weighted by molar-refractivity contribution is 5.32. The van der Waals surface area contributed by atoms with Crippen molar-refractivity contribution in [3.8, 4) is 0 Å². The van der Waals surface area contributed by atoms with Crippen LogP contribution in [0.15, 0.2) is 43.0 Å². The summed E-state index contributed by atoms with van der Waals surface area (Å²) in [5.41, 5.74) is 0.992. The Hall–Kier alpha value is -1.97. The molecule has 0 spiro atoms. The zero-order chi connectivity index (χ0) is 9.64. The average molecular weight is 186 g/mol. The van der Waals surface area contributed by atoms with Gasteiger partial charge in [0.2, 0.25) is 0 Å². The zero-order valence-corrected chi connectivity index (χ0v) is 7.59. The van der Waals surface area contributed by atoms with Crippen molar-refractivity contribution in [2.24, 2.45) is 0 Å². The van der Waals surface area contributed by atoms with Gasteiger partial charge in [-0.3, -0.25) is 4.98 Å². The van der Waals surface area contributed by atoms with Gasteiger partial charge >= 0.3 is 0 Å². The van der Waals surface area contributed by atoms with E-state index in [2.05, 4.69) is 20.3 Å². The number of hydrogen-bond acceptors (Lipinski definition) is 4. The van der Waals surface area contributed by atoms with Gasteiger partial charge < -0.3 is 5.32 Å². The second kappa shape index (κ2) is 4.32. The van der Waals surface area contributed by atoms with Gasteiger partial charge in [0.25, 0.3) is 0 Å². The van der Waals surface area contributed by atoms with Crippen molar-refractivity contribution in [1.29, 1.82) is 0 Å². The van der Waals surface area contributed by atoms with Crippen LogP contribution in [0.4, 0.5) is 5.82 Å². The van der Waals surface area contributed by atoms with Crippen molar-refractivity contribution in [3.63, 3.8) is 0 Å². The SMILES string of the molecule is c1ccc(CNc2ccncn2)nc1. The summed E-state index contributed by atoms with van der Waals surface area (Å²) < 4.78 is 0. The Bertz CT molecular complexity index is 334. The first kappa shape index (κ1) is 8.62. The zero-order valence-electron chi connectivity index (χ0n) is 7.59. The first-order chi connectivity index (χ1) is 6.95. The number of nitrogens with one attached hydrogen (secondary N) is 1. The van der Waals surface area contributed by atoms with Crippen LogP contribution in [0, 0.1) is 0 Å². The molecule has 2 aromatic heterocycles. The van der Waals surface area contributed by atoms with Crippen molar-refractivity contribution in [3.05, 3.63) is 48.7 Å². The van der Waals surface area contributed by atoms with Crippen LogP contribution in [0.25, 0.3) is 0 Å². The molecule has 0 saturated carbocycles. The Morgan fingerprint density at radius 1 is 1.07 bits per heavy atom. The average Bonchev–Trinajstić information content (AvgIpc) is 2.29. The maximum absolute atomic E-state index is 4.19. The third-order valence-corrected chi connectivity index (χ3v) is 1.76. The number of nitrogens with zero attached hydrogens (tertiary/aromatic N) is 3. The van der Waals surface area contributed by atoms with Gasteiger partial charge in [-0.1, -0.05) is 6.07 Å². The molecule has 14 heavy (non-hydrogen) atoms. The van der Waals surface area contributed by atoms with E-state index in [1.54, 1.807) is 12.4 Å². The van der Waals surface area contributed by atoms with Gasteiger partial charge in [0.1, 0.15) is 12.1 Å². The molecule has 2 heterocycles. The van der Waals surface area contributed by atoms with Crippen molar-refractivity contribution in [1.82, 2.24) is 15.0 Å². The van der Waals surface area contributed by atoms with Gasteiger partial charge in [-0.2, -0.15) is 0 Å². The van der Waals surface area contributed by atoms with Crippen LogP contribution in [-0.4, -0.2) is 15.0 Å². The molecule has 0 radical (unpaired) electrons. The molecular weight excluding hydrogens is 176 g/mol. The van der Waals surface area contributed by atoms with Crippen molar-refractivity contribution in [2.75, 3.05) is 5.32 Å². The summed E-state index contributed by atoms with van der Waals surface area (Å²) in [5.74, 6) is 0.811. The Balaban J connectivity index is 1.96. The van der Waals surface area contributed by atoms with E-state index in [1.165, 1.54) is 6.33 Å². The van der Waals surface area contributed by atoms with Gasteiger partial charge in [-0.05, 0) is 18.2 Å². The lowest BCUT2D eigenvalue weighted by molar-refractivity contribution is 1.02. The van der Waals surface area contributed by atoms with E-state index in [0.29, 0.717) is 6.54 Å². The van der Waals surface area contributed by atoms with Gasteiger partial charge in [0.05, 0.1) is 12.2 Å². The molecule has 4 nitrogen and oxygen atoms in total. The first-order valence-electron chi connectivity index (χ1n) is 4.35. The normalized spacial score (nSPS) is 9.71. The van der Waals surface area contributed by atoms with Crippen LogP contribution in [-0.2, 0) is 6.54 Å². The maximum atomic E-state index is 4.19. The third kappa shape index (κ3) is 2.26. The molecule has 0 unspecified atom stereocenters. The third-order valence-electron chi connectivity index (χ3n) is 1.76. The predicted molar refractivity (Wildman–Crippen MR) is 53.6 cm³/mol. The molecule has 2 rings (SSSR count). The van der Waals surface area contributed by atoms with Gasteiger partial charge in [0.15, 0.2) is 0 Å². The fourth-order valence-electron chi connectivity index (χ4n) is 1.08. The summed E-state index contributed by atoms with van der Waals surface area (Å²) >= 11 is 0. The molecule has 0 fully saturated rings. The standard InChI is InChI=1S/C10H10N4/c1-2-5-12-9(3-1)7-13-10-4-6-11-8-14-10/h1-6,8H,7H2,(H,11,13,14). The summed E-state index contributed by atoms with van der Waals surface area (Å²) in [4.78, 5) is 12.1. The number of hydrogen-bond donors (Lipinski definition) is 1. The van der Waals surface area contributed by atoms with Crippen molar-refractivity contribution < 1.29 is 0 Å². The molecule has 4 heteroatoms. The van der Waals surface area contributed by atoms with E-state index in [9.17, 15) is 0 Å². The van der Waals surface area contributed by atoms with E-state index in [4.69, 9.17) is 0 Å². The molecule has 0 amide bonds. The Morgan fingerprint density at radius 3 is 2.79 bits per heavy atom. The highest BCUT2D eigenvalue weighted by atomic mass is 15.0. The summed E-state index contributed by atoms with van der Waals surface area (Å²) in [5, 5.41) is 3.15. The quantitative estimate of drug-likeness (QED) is 0.788. The van der Waals surface area contributed by atoms with E-state index < -0.39 is 0 Å². The maximum Gasteiger partial charge on any atom is 0.129 e. The van der Waals surface area contributed by atoms with Gasteiger partial charge in [0, 0.05) is 12.4 Å². The van der Waals surface area contributed by atoms with E-state index in [-0.39, 0.29) is 0 Å². The summed E-state index contributed by atoms with van der Waals surface area (Å²) in [6.45, 7) is 0.678. The van der Waals surface area contributed by atoms with Crippen molar-refractivity contribution in [2.45, 2.75) is 6.54 Å². The van der Waals surface area contributed by atoms with Crippen molar-refractivity contribution >= 4 is 5.82 Å². The Labute approximate surface area is 82.1 Å². The molecule has 70 valence electrons. The molecule has 0 saturated heterocycles. The molecule has 0 atom stereocenters. The van der Waals surface area contributed by atoms with Gasteiger partial charge in [-0.15, -0.1) is 0 Å². The van der Waals surface area contributed by atoms with Crippen LogP contribution in [0.2, 0.25) is 0 Å². The molecule has 0 aliphatic heterocycles. The lowest BCUT2D eigenvalue weighted by Crippen LogP contribution is -2.02. The molecule has 2 aromatic rings. The molecule has 0 aliphatic carbocycles. The molecule has 1 N–H and O–H groups in total. The molecule has 0 aromatic carbocycles. The Morgan fingerprint density at radius 2 is 2.07 bits per heavy atom. The van der Waals surface area contributed by atoms with E-state index in [1.807, 2.05) is 24.3 Å². The molecular formula is C10H10N4. The summed E-state index contributed by atoms with van der Waals surface area (Å²) in [6.07, 6.45) is 4.99. The number of pyridine rings is 1. The fraction of sp³-hybridized carbons (Fsp3) is 0.100. The first-order valence-corrected chi connectivity index (χ1v) is 4.35. The molecule has 0 aliphatic rings. The van der Waals surface area contributed by atoms with Crippen LogP contribution in [0.5, 0.6) is 0 Å². The summed E-state index contributed by atoms with van der Waals surface area (Å²) in [6, 6.07) is 7.65.